The van der Waals surface area contributed by atoms with E-state index in [9.17, 15) is 9.90 Å². The van der Waals surface area contributed by atoms with Gasteiger partial charge >= 0.3 is 5.97 Å². The van der Waals surface area contributed by atoms with Gasteiger partial charge in [0.1, 0.15) is 6.54 Å². The molecule has 6 nitrogen and oxygen atoms in total. The second-order valence-electron chi connectivity index (χ2n) is 8.71. The first-order valence-corrected chi connectivity index (χ1v) is 11.4. The fourth-order valence-electron chi connectivity index (χ4n) is 4.08. The van der Waals surface area contributed by atoms with Gasteiger partial charge < -0.3 is 25.6 Å². The van der Waals surface area contributed by atoms with E-state index in [2.05, 4.69) is 41.6 Å². The topological polar surface area (TPSA) is 80.4 Å². The number of fused-ring (bicyclic) bond motifs is 3. The minimum atomic E-state index is -0.889. The molecule has 0 spiro atoms. The second kappa shape index (κ2) is 9.79. The van der Waals surface area contributed by atoms with Gasteiger partial charge in [-0.3, -0.25) is 4.79 Å². The summed E-state index contributed by atoms with van der Waals surface area (Å²) in [6, 6.07) is 6.78. The number of carbonyl (C=O) groups is 1. The highest BCUT2D eigenvalue weighted by Crippen LogP contribution is 2.33. The lowest BCUT2D eigenvalue weighted by Crippen LogP contribution is -2.43. The molecule has 0 amide bonds. The van der Waals surface area contributed by atoms with Crippen LogP contribution in [0.25, 0.3) is 10.9 Å². The molecule has 7 heteroatoms. The molecule has 2 unspecified atom stereocenters. The van der Waals surface area contributed by atoms with Crippen molar-refractivity contribution in [2.24, 2.45) is 5.92 Å². The molecule has 30 heavy (non-hydrogen) atoms. The number of aliphatic carboxylic acids is 1. The predicted molar refractivity (Wildman–Crippen MR) is 127 cm³/mol. The summed E-state index contributed by atoms with van der Waals surface area (Å²) in [5.74, 6) is -0.241. The Bertz CT molecular complexity index is 908. The van der Waals surface area contributed by atoms with Crippen LogP contribution in [-0.2, 0) is 17.6 Å². The van der Waals surface area contributed by atoms with Gasteiger partial charge in [-0.2, -0.15) is 0 Å². The maximum absolute atomic E-state index is 11.2. The third-order valence-electron chi connectivity index (χ3n) is 6.10. The molecule has 4 N–H and O–H groups in total. The molecule has 0 aliphatic heterocycles. The molecule has 1 aliphatic rings. The van der Waals surface area contributed by atoms with Gasteiger partial charge in [-0.05, 0) is 94.9 Å². The lowest BCUT2D eigenvalue weighted by Gasteiger charge is -2.28. The Morgan fingerprint density at radius 1 is 1.37 bits per heavy atom. The van der Waals surface area contributed by atoms with Gasteiger partial charge in [0.05, 0.1) is 0 Å². The number of thiocarbonyl (C=S) groups is 1. The van der Waals surface area contributed by atoms with E-state index in [0.717, 1.165) is 37.0 Å². The standard InChI is InChI=1S/C23H34N4O2S/c1-5-15(4)24-12-16-6-8-20-18(10-16)19-11-17(7-9-21(19)26-20)25-23(30)27(14(2)3)13-22(28)29/h7,9,11,14-16,24,26H,5-6,8,10,12-13H2,1-4H3,(H,25,30)(H,28,29). The number of rotatable bonds is 8. The predicted octanol–water partition coefficient (Wildman–Crippen LogP) is 4.15. The summed E-state index contributed by atoms with van der Waals surface area (Å²) in [7, 11) is 0. The minimum Gasteiger partial charge on any atom is -0.480 e. The van der Waals surface area contributed by atoms with Crippen LogP contribution in [0.3, 0.4) is 0 Å². The zero-order valence-corrected chi connectivity index (χ0v) is 19.2. The Labute approximate surface area is 184 Å². The number of aryl methyl sites for hydroxylation is 1. The number of anilines is 1. The number of nitrogens with one attached hydrogen (secondary N) is 3. The molecule has 2 aromatic rings. The molecule has 164 valence electrons. The highest BCUT2D eigenvalue weighted by molar-refractivity contribution is 7.80. The van der Waals surface area contributed by atoms with E-state index in [1.807, 2.05) is 19.9 Å². The van der Waals surface area contributed by atoms with Gasteiger partial charge in [-0.15, -0.1) is 0 Å². The summed E-state index contributed by atoms with van der Waals surface area (Å²) < 4.78 is 0. The van der Waals surface area contributed by atoms with Crippen LogP contribution in [0.2, 0.25) is 0 Å². The molecular formula is C23H34N4O2S. The van der Waals surface area contributed by atoms with Crippen LogP contribution < -0.4 is 10.6 Å². The van der Waals surface area contributed by atoms with E-state index < -0.39 is 5.97 Å². The van der Waals surface area contributed by atoms with Gasteiger partial charge in [0.2, 0.25) is 0 Å². The number of carboxylic acid groups (broad SMARTS) is 1. The van der Waals surface area contributed by atoms with E-state index in [0.29, 0.717) is 17.1 Å². The van der Waals surface area contributed by atoms with Crippen LogP contribution in [0.15, 0.2) is 18.2 Å². The maximum atomic E-state index is 11.2. The molecule has 0 radical (unpaired) electrons. The molecular weight excluding hydrogens is 396 g/mol. The van der Waals surface area contributed by atoms with E-state index in [4.69, 9.17) is 12.2 Å². The zero-order valence-electron chi connectivity index (χ0n) is 18.4. The minimum absolute atomic E-state index is 0.00335. The molecule has 0 bridgehead atoms. The average molecular weight is 431 g/mol. The summed E-state index contributed by atoms with van der Waals surface area (Å²) in [6.07, 6.45) is 4.51. The van der Waals surface area contributed by atoms with Gasteiger partial charge in [0, 0.05) is 34.4 Å². The summed E-state index contributed by atoms with van der Waals surface area (Å²) in [4.78, 5) is 16.5. The number of hydrogen-bond donors (Lipinski definition) is 4. The molecule has 1 aromatic carbocycles. The first-order valence-electron chi connectivity index (χ1n) is 10.9. The lowest BCUT2D eigenvalue weighted by molar-refractivity contribution is -0.137. The number of benzene rings is 1. The van der Waals surface area contributed by atoms with Crippen molar-refractivity contribution in [3.8, 4) is 0 Å². The van der Waals surface area contributed by atoms with Crippen molar-refractivity contribution >= 4 is 39.9 Å². The molecule has 2 atom stereocenters. The van der Waals surface area contributed by atoms with Crippen LogP contribution >= 0.6 is 12.2 Å². The van der Waals surface area contributed by atoms with Crippen LogP contribution in [0.5, 0.6) is 0 Å². The van der Waals surface area contributed by atoms with Crippen molar-refractivity contribution in [3.63, 3.8) is 0 Å². The fraction of sp³-hybridized carbons (Fsp3) is 0.565. The molecule has 1 aliphatic carbocycles. The second-order valence-corrected chi connectivity index (χ2v) is 9.10. The number of carboxylic acids is 1. The number of H-pyrrole nitrogens is 1. The molecule has 0 saturated heterocycles. The number of aromatic nitrogens is 1. The monoisotopic (exact) mass is 430 g/mol. The Kier molecular flexibility index (Phi) is 7.36. The largest absolute Gasteiger partial charge is 0.480 e. The normalized spacial score (nSPS) is 17.0. The summed E-state index contributed by atoms with van der Waals surface area (Å²) in [5.41, 5.74) is 4.80. The fourth-order valence-corrected chi connectivity index (χ4v) is 4.48. The van der Waals surface area contributed by atoms with E-state index in [1.54, 1.807) is 4.90 Å². The zero-order chi connectivity index (χ0) is 21.8. The Morgan fingerprint density at radius 3 is 2.80 bits per heavy atom. The first-order chi connectivity index (χ1) is 14.3. The third kappa shape index (κ3) is 5.32. The van der Waals surface area contributed by atoms with Crippen LogP contribution in [0.1, 0.15) is 51.8 Å². The van der Waals surface area contributed by atoms with Crippen molar-refractivity contribution in [2.75, 3.05) is 18.4 Å². The first kappa shape index (κ1) is 22.6. The van der Waals surface area contributed by atoms with Gasteiger partial charge in [0.15, 0.2) is 5.11 Å². The Hall–Kier alpha value is -2.12. The van der Waals surface area contributed by atoms with Gasteiger partial charge in [0.25, 0.3) is 0 Å². The SMILES string of the molecule is CCC(C)NCC1CCc2[nH]c3ccc(NC(=S)N(CC(=O)O)C(C)C)cc3c2C1. The summed E-state index contributed by atoms with van der Waals surface area (Å²) in [6.45, 7) is 9.28. The van der Waals surface area contributed by atoms with E-state index in [1.165, 1.54) is 23.1 Å². The number of aromatic amines is 1. The Morgan fingerprint density at radius 2 is 2.13 bits per heavy atom. The van der Waals surface area contributed by atoms with Crippen molar-refractivity contribution in [2.45, 2.75) is 65.5 Å². The van der Waals surface area contributed by atoms with Crippen LogP contribution in [-0.4, -0.2) is 51.2 Å². The highest BCUT2D eigenvalue weighted by Gasteiger charge is 2.23. The van der Waals surface area contributed by atoms with E-state index in [-0.39, 0.29) is 12.6 Å². The van der Waals surface area contributed by atoms with Crippen molar-refractivity contribution < 1.29 is 9.90 Å². The molecule has 1 heterocycles. The quantitative estimate of drug-likeness (QED) is 0.471. The lowest BCUT2D eigenvalue weighted by atomic mass is 9.86. The van der Waals surface area contributed by atoms with Gasteiger partial charge in [-0.1, -0.05) is 6.92 Å². The smallest absolute Gasteiger partial charge is 0.323 e. The highest BCUT2D eigenvalue weighted by atomic mass is 32.1. The molecule has 3 rings (SSSR count). The Balaban J connectivity index is 1.76. The van der Waals surface area contributed by atoms with Gasteiger partial charge in [-0.25, -0.2) is 0 Å². The maximum Gasteiger partial charge on any atom is 0.323 e. The molecule has 1 aromatic heterocycles. The number of nitrogens with zero attached hydrogens (tertiary/aromatic N) is 1. The van der Waals surface area contributed by atoms with Crippen molar-refractivity contribution in [3.05, 3.63) is 29.5 Å². The van der Waals surface area contributed by atoms with Crippen molar-refractivity contribution in [1.82, 2.24) is 15.2 Å². The molecule has 0 saturated carbocycles. The third-order valence-corrected chi connectivity index (χ3v) is 6.43. The average Bonchev–Trinajstić information content (AvgIpc) is 3.07. The van der Waals surface area contributed by atoms with Crippen molar-refractivity contribution in [1.29, 1.82) is 0 Å². The number of hydrogen-bond acceptors (Lipinski definition) is 3. The summed E-state index contributed by atoms with van der Waals surface area (Å²) >= 11 is 5.50. The van der Waals surface area contributed by atoms with E-state index >= 15 is 0 Å². The van der Waals surface area contributed by atoms with Crippen LogP contribution in [0, 0.1) is 5.92 Å². The summed E-state index contributed by atoms with van der Waals surface area (Å²) in [5, 5.41) is 17.7. The molecule has 0 fully saturated rings. The van der Waals surface area contributed by atoms with Crippen LogP contribution in [0.4, 0.5) is 5.69 Å².